The molecule has 0 bridgehead atoms. The van der Waals surface area contributed by atoms with Gasteiger partial charge in [0.25, 0.3) is 0 Å². The number of hydrogen-bond acceptors (Lipinski definition) is 2. The first-order chi connectivity index (χ1) is 16.1. The number of benzene rings is 3. The molecule has 0 aliphatic heterocycles. The largest absolute Gasteiger partial charge is 0.350 e. The molecule has 3 rings (SSSR count). The van der Waals surface area contributed by atoms with Crippen molar-refractivity contribution in [3.63, 3.8) is 0 Å². The van der Waals surface area contributed by atoms with Crippen molar-refractivity contribution >= 4 is 23.4 Å². The molecule has 0 spiro atoms. The Kier molecular flexibility index (Phi) is 8.51. The lowest BCUT2D eigenvalue weighted by Gasteiger charge is -2.34. The summed E-state index contributed by atoms with van der Waals surface area (Å²) in [5, 5.41) is 3.66. The molecule has 4 nitrogen and oxygen atoms in total. The molecule has 3 aromatic carbocycles. The van der Waals surface area contributed by atoms with Gasteiger partial charge < -0.3 is 10.2 Å². The second-order valence-corrected chi connectivity index (χ2v) is 10.1. The van der Waals surface area contributed by atoms with Gasteiger partial charge in [-0.15, -0.1) is 0 Å². The maximum Gasteiger partial charge on any atom is 0.243 e. The van der Waals surface area contributed by atoms with Crippen LogP contribution in [0.1, 0.15) is 43.0 Å². The summed E-state index contributed by atoms with van der Waals surface area (Å²) in [6, 6.07) is 24.5. The molecule has 0 radical (unpaired) electrons. The Bertz CT molecular complexity index is 1120. The van der Waals surface area contributed by atoms with Gasteiger partial charge in [-0.05, 0) is 50.5 Å². The average Bonchev–Trinajstić information content (AvgIpc) is 2.77. The summed E-state index contributed by atoms with van der Waals surface area (Å²) in [5.41, 5.74) is 3.38. The minimum absolute atomic E-state index is 0.115. The summed E-state index contributed by atoms with van der Waals surface area (Å²) in [4.78, 5) is 29.0. The highest BCUT2D eigenvalue weighted by molar-refractivity contribution is 6.31. The third-order valence-electron chi connectivity index (χ3n) is 5.51. The van der Waals surface area contributed by atoms with Crippen molar-refractivity contribution in [3.8, 4) is 0 Å². The van der Waals surface area contributed by atoms with Crippen LogP contribution in [-0.4, -0.2) is 28.3 Å². The predicted octanol–water partition coefficient (Wildman–Crippen LogP) is 5.75. The van der Waals surface area contributed by atoms with Gasteiger partial charge in [-0.3, -0.25) is 9.59 Å². The van der Waals surface area contributed by atoms with Crippen molar-refractivity contribution in [2.45, 2.75) is 58.7 Å². The maximum atomic E-state index is 13.7. The van der Waals surface area contributed by atoms with Crippen LogP contribution in [-0.2, 0) is 29.0 Å². The Morgan fingerprint density at radius 1 is 0.912 bits per heavy atom. The fourth-order valence-corrected chi connectivity index (χ4v) is 4.11. The van der Waals surface area contributed by atoms with E-state index >= 15 is 0 Å². The molecule has 0 aliphatic rings. The molecule has 1 atom stereocenters. The fraction of sp³-hybridized carbons (Fsp3) is 0.310. The average molecular weight is 477 g/mol. The van der Waals surface area contributed by atoms with Gasteiger partial charge in [0.1, 0.15) is 6.04 Å². The maximum absolute atomic E-state index is 13.7. The van der Waals surface area contributed by atoms with Crippen molar-refractivity contribution < 1.29 is 9.59 Å². The third kappa shape index (κ3) is 7.46. The van der Waals surface area contributed by atoms with E-state index < -0.39 is 11.6 Å². The second-order valence-electron chi connectivity index (χ2n) is 9.72. The SMILES string of the molecule is Cc1cccc(CC(=O)N(Cc2ccccc2Cl)[C@@H](Cc2ccccc2)C(=O)NC(C)(C)C)c1. The summed E-state index contributed by atoms with van der Waals surface area (Å²) in [5.74, 6) is -0.295. The zero-order valence-electron chi connectivity index (χ0n) is 20.3. The summed E-state index contributed by atoms with van der Waals surface area (Å²) in [6.45, 7) is 8.08. The highest BCUT2D eigenvalue weighted by Gasteiger charge is 2.32. The van der Waals surface area contributed by atoms with Gasteiger partial charge in [-0.25, -0.2) is 0 Å². The molecule has 2 amide bonds. The van der Waals surface area contributed by atoms with E-state index in [0.29, 0.717) is 11.4 Å². The number of nitrogens with zero attached hydrogens (tertiary/aromatic N) is 1. The standard InChI is InChI=1S/C29H33ClN2O2/c1-21-11-10-14-23(17-21)19-27(33)32(20-24-15-8-9-16-25(24)30)26(28(34)31-29(2,3)4)18-22-12-6-5-7-13-22/h5-17,26H,18-20H2,1-4H3,(H,31,34)/t26-/m0/s1. The molecule has 0 aromatic heterocycles. The van der Waals surface area contributed by atoms with Gasteiger partial charge in [-0.1, -0.05) is 90.0 Å². The van der Waals surface area contributed by atoms with Crippen LogP contribution in [0.3, 0.4) is 0 Å². The van der Waals surface area contributed by atoms with Crippen LogP contribution >= 0.6 is 11.6 Å². The summed E-state index contributed by atoms with van der Waals surface area (Å²) < 4.78 is 0. The highest BCUT2D eigenvalue weighted by atomic mass is 35.5. The van der Waals surface area contributed by atoms with Crippen molar-refractivity contribution in [1.29, 1.82) is 0 Å². The quantitative estimate of drug-likeness (QED) is 0.450. The van der Waals surface area contributed by atoms with Crippen molar-refractivity contribution in [1.82, 2.24) is 10.2 Å². The van der Waals surface area contributed by atoms with E-state index in [-0.39, 0.29) is 24.8 Å². The Balaban J connectivity index is 2.00. The number of rotatable bonds is 8. The number of carbonyl (C=O) groups excluding carboxylic acids is 2. The summed E-state index contributed by atoms with van der Waals surface area (Å²) in [6.07, 6.45) is 0.618. The number of halogens is 1. The van der Waals surface area contributed by atoms with Gasteiger partial charge in [0, 0.05) is 23.5 Å². The molecular weight excluding hydrogens is 444 g/mol. The first-order valence-corrected chi connectivity index (χ1v) is 11.9. The Morgan fingerprint density at radius 3 is 2.21 bits per heavy atom. The fourth-order valence-electron chi connectivity index (χ4n) is 3.92. The lowest BCUT2D eigenvalue weighted by molar-refractivity contribution is -0.141. The molecule has 1 N–H and O–H groups in total. The van der Waals surface area contributed by atoms with Gasteiger partial charge in [0.15, 0.2) is 0 Å². The molecule has 5 heteroatoms. The van der Waals surface area contributed by atoms with Gasteiger partial charge in [0.2, 0.25) is 11.8 Å². The minimum Gasteiger partial charge on any atom is -0.350 e. The van der Waals surface area contributed by atoms with Crippen molar-refractivity contribution in [3.05, 3.63) is 106 Å². The second kappa shape index (κ2) is 11.3. The number of nitrogens with one attached hydrogen (secondary N) is 1. The molecule has 0 heterocycles. The molecule has 178 valence electrons. The van der Waals surface area contributed by atoms with Crippen LogP contribution in [0.4, 0.5) is 0 Å². The third-order valence-corrected chi connectivity index (χ3v) is 5.87. The summed E-state index contributed by atoms with van der Waals surface area (Å²) in [7, 11) is 0. The van der Waals surface area contributed by atoms with Crippen LogP contribution in [0, 0.1) is 6.92 Å². The van der Waals surface area contributed by atoms with Crippen LogP contribution in [0.5, 0.6) is 0 Å². The smallest absolute Gasteiger partial charge is 0.243 e. The van der Waals surface area contributed by atoms with Crippen LogP contribution in [0.15, 0.2) is 78.9 Å². The van der Waals surface area contributed by atoms with E-state index in [9.17, 15) is 9.59 Å². The van der Waals surface area contributed by atoms with E-state index in [4.69, 9.17) is 11.6 Å². The highest BCUT2D eigenvalue weighted by Crippen LogP contribution is 2.22. The van der Waals surface area contributed by atoms with Gasteiger partial charge >= 0.3 is 0 Å². The molecule has 3 aromatic rings. The van der Waals surface area contributed by atoms with E-state index in [1.807, 2.05) is 107 Å². The van der Waals surface area contributed by atoms with E-state index in [1.165, 1.54) is 0 Å². The molecule has 0 aliphatic carbocycles. The van der Waals surface area contributed by atoms with E-state index in [2.05, 4.69) is 5.32 Å². The molecular formula is C29H33ClN2O2. The number of amides is 2. The summed E-state index contributed by atoms with van der Waals surface area (Å²) >= 11 is 6.47. The normalized spacial score (nSPS) is 12.1. The zero-order valence-corrected chi connectivity index (χ0v) is 21.1. The van der Waals surface area contributed by atoms with Crippen LogP contribution < -0.4 is 5.32 Å². The van der Waals surface area contributed by atoms with Crippen LogP contribution in [0.2, 0.25) is 5.02 Å². The molecule has 0 fully saturated rings. The first kappa shape index (κ1) is 25.5. The van der Waals surface area contributed by atoms with Gasteiger partial charge in [0.05, 0.1) is 6.42 Å². The minimum atomic E-state index is -0.685. The predicted molar refractivity (Wildman–Crippen MR) is 139 cm³/mol. The first-order valence-electron chi connectivity index (χ1n) is 11.6. The Morgan fingerprint density at radius 2 is 1.56 bits per heavy atom. The number of carbonyl (C=O) groups is 2. The lowest BCUT2D eigenvalue weighted by atomic mass is 9.99. The van der Waals surface area contributed by atoms with E-state index in [1.54, 1.807) is 4.90 Å². The monoisotopic (exact) mass is 476 g/mol. The molecule has 0 unspecified atom stereocenters. The number of hydrogen-bond donors (Lipinski definition) is 1. The zero-order chi connectivity index (χ0) is 24.7. The van der Waals surface area contributed by atoms with E-state index in [0.717, 1.165) is 22.3 Å². The van der Waals surface area contributed by atoms with Crippen LogP contribution in [0.25, 0.3) is 0 Å². The van der Waals surface area contributed by atoms with Gasteiger partial charge in [-0.2, -0.15) is 0 Å². The Labute approximate surface area is 207 Å². The van der Waals surface area contributed by atoms with Crippen molar-refractivity contribution in [2.24, 2.45) is 0 Å². The van der Waals surface area contributed by atoms with Crippen molar-refractivity contribution in [2.75, 3.05) is 0 Å². The molecule has 0 saturated heterocycles. The topological polar surface area (TPSA) is 49.4 Å². The number of aryl methyl sites for hydroxylation is 1. The Hall–Kier alpha value is -3.11. The molecule has 34 heavy (non-hydrogen) atoms. The molecule has 0 saturated carbocycles. The lowest BCUT2D eigenvalue weighted by Crippen LogP contribution is -2.54.